The van der Waals surface area contributed by atoms with E-state index in [1.807, 2.05) is 35.3 Å². The molecular formula is C24H24N4O6S. The van der Waals surface area contributed by atoms with Crippen molar-refractivity contribution in [2.75, 3.05) is 27.6 Å². The predicted octanol–water partition coefficient (Wildman–Crippen LogP) is 4.40. The molecule has 1 aliphatic rings. The van der Waals surface area contributed by atoms with Crippen LogP contribution in [0.25, 0.3) is 32.6 Å². The molecule has 1 fully saturated rings. The van der Waals surface area contributed by atoms with E-state index < -0.39 is 5.97 Å². The van der Waals surface area contributed by atoms with Crippen molar-refractivity contribution in [2.45, 2.75) is 25.5 Å². The van der Waals surface area contributed by atoms with E-state index >= 15 is 0 Å². The number of carbonyl (C=O) groups excluding carboxylic acids is 1. The van der Waals surface area contributed by atoms with E-state index in [1.165, 1.54) is 7.11 Å². The molecule has 1 N–H and O–H groups in total. The molecule has 1 aliphatic heterocycles. The summed E-state index contributed by atoms with van der Waals surface area (Å²) in [5.41, 5.74) is 3.31. The van der Waals surface area contributed by atoms with Gasteiger partial charge in [0.25, 0.3) is 0 Å². The van der Waals surface area contributed by atoms with E-state index in [-0.39, 0.29) is 29.2 Å². The minimum absolute atomic E-state index is 0.0416. The molecule has 3 aromatic heterocycles. The van der Waals surface area contributed by atoms with Crippen LogP contribution in [0.2, 0.25) is 0 Å². The van der Waals surface area contributed by atoms with Gasteiger partial charge in [-0.25, -0.2) is 9.48 Å². The second kappa shape index (κ2) is 9.98. The van der Waals surface area contributed by atoms with Crippen molar-refractivity contribution >= 4 is 27.5 Å². The summed E-state index contributed by atoms with van der Waals surface area (Å²) in [5.74, 6) is -0.311. The lowest BCUT2D eigenvalue weighted by molar-refractivity contribution is -0.0394. The maximum atomic E-state index is 11.9. The molecule has 0 bridgehead atoms. The molecule has 182 valence electrons. The van der Waals surface area contributed by atoms with E-state index in [0.717, 1.165) is 48.3 Å². The highest BCUT2D eigenvalue weighted by Crippen LogP contribution is 2.39. The predicted molar refractivity (Wildman–Crippen MR) is 128 cm³/mol. The summed E-state index contributed by atoms with van der Waals surface area (Å²) in [4.78, 5) is 12.0. The number of esters is 1. The number of benzene rings is 1. The zero-order valence-corrected chi connectivity index (χ0v) is 20.1. The van der Waals surface area contributed by atoms with Crippen molar-refractivity contribution in [3.05, 3.63) is 41.5 Å². The third-order valence-electron chi connectivity index (χ3n) is 5.76. The van der Waals surface area contributed by atoms with Gasteiger partial charge >= 0.3 is 5.97 Å². The maximum Gasteiger partial charge on any atom is 0.351 e. The van der Waals surface area contributed by atoms with Crippen LogP contribution < -0.4 is 4.74 Å². The first-order valence-electron chi connectivity index (χ1n) is 11.1. The van der Waals surface area contributed by atoms with Gasteiger partial charge in [0.15, 0.2) is 17.4 Å². The number of ether oxygens (including phenoxy) is 4. The molecule has 4 heterocycles. The Bertz CT molecular complexity index is 1360. The van der Waals surface area contributed by atoms with E-state index in [9.17, 15) is 9.90 Å². The lowest BCUT2D eigenvalue weighted by Gasteiger charge is -2.22. The number of methoxy groups -OCH3 is 2. The van der Waals surface area contributed by atoms with Crippen molar-refractivity contribution in [3.8, 4) is 33.9 Å². The summed E-state index contributed by atoms with van der Waals surface area (Å²) < 4.78 is 24.0. The quantitative estimate of drug-likeness (QED) is 0.293. The SMILES string of the molecule is COCOc1cc(-c2cnn(C3CCCCO3)c2)ccc1-c1cc2sc(C(=O)OC)c(O)c2nn1. The second-order valence-corrected chi connectivity index (χ2v) is 9.06. The Labute approximate surface area is 205 Å². The van der Waals surface area contributed by atoms with Crippen LogP contribution in [0.1, 0.15) is 35.2 Å². The molecule has 1 aromatic carbocycles. The molecule has 5 rings (SSSR count). The van der Waals surface area contributed by atoms with Crippen LogP contribution in [0, 0.1) is 0 Å². The van der Waals surface area contributed by atoms with E-state index in [4.69, 9.17) is 18.9 Å². The van der Waals surface area contributed by atoms with Crippen LogP contribution in [0.15, 0.2) is 36.7 Å². The normalized spacial score (nSPS) is 15.9. The molecule has 11 heteroatoms. The van der Waals surface area contributed by atoms with Crippen molar-refractivity contribution in [3.63, 3.8) is 0 Å². The third kappa shape index (κ3) is 4.57. The van der Waals surface area contributed by atoms with Gasteiger partial charge in [-0.3, -0.25) is 0 Å². The van der Waals surface area contributed by atoms with Crippen LogP contribution in [0.3, 0.4) is 0 Å². The first-order chi connectivity index (χ1) is 17.1. The third-order valence-corrected chi connectivity index (χ3v) is 6.85. The van der Waals surface area contributed by atoms with Gasteiger partial charge < -0.3 is 24.1 Å². The van der Waals surface area contributed by atoms with Crippen LogP contribution in [-0.2, 0) is 14.2 Å². The zero-order valence-electron chi connectivity index (χ0n) is 19.3. The second-order valence-electron chi connectivity index (χ2n) is 8.01. The first kappa shape index (κ1) is 23.2. The number of carbonyl (C=O) groups is 1. The van der Waals surface area contributed by atoms with Crippen LogP contribution in [0.4, 0.5) is 0 Å². The Morgan fingerprint density at radius 2 is 2.11 bits per heavy atom. The van der Waals surface area contributed by atoms with E-state index in [1.54, 1.807) is 13.2 Å². The molecule has 0 saturated carbocycles. The molecule has 1 unspecified atom stereocenters. The average Bonchev–Trinajstić information content (AvgIpc) is 3.52. The Hall–Kier alpha value is -3.54. The summed E-state index contributed by atoms with van der Waals surface area (Å²) in [6, 6.07) is 7.50. The smallest absolute Gasteiger partial charge is 0.351 e. The highest BCUT2D eigenvalue weighted by atomic mass is 32.1. The highest BCUT2D eigenvalue weighted by molar-refractivity contribution is 7.21. The van der Waals surface area contributed by atoms with Gasteiger partial charge in [0.1, 0.15) is 17.5 Å². The largest absolute Gasteiger partial charge is 0.504 e. The zero-order chi connectivity index (χ0) is 24.4. The molecular weight excluding hydrogens is 472 g/mol. The van der Waals surface area contributed by atoms with Gasteiger partial charge in [0.05, 0.1) is 23.7 Å². The Kier molecular flexibility index (Phi) is 6.62. The fraction of sp³-hybridized carbons (Fsp3) is 0.333. The van der Waals surface area contributed by atoms with Gasteiger partial charge in [0, 0.05) is 31.0 Å². The standard InChI is InChI=1S/C24H24N4O6S/c1-31-13-34-18-9-14(15-11-25-28(12-15)20-5-3-4-8-33-20)6-7-16(18)17-10-19-21(27-26-17)22(29)23(35-19)24(30)32-2/h6-7,9-12,20,29H,3-5,8,13H2,1-2H3. The Morgan fingerprint density at radius 3 is 2.89 bits per heavy atom. The molecule has 1 saturated heterocycles. The number of aromatic hydroxyl groups is 1. The van der Waals surface area contributed by atoms with Crippen molar-refractivity contribution in [1.82, 2.24) is 20.0 Å². The van der Waals surface area contributed by atoms with Crippen molar-refractivity contribution in [2.24, 2.45) is 0 Å². The average molecular weight is 497 g/mol. The lowest BCUT2D eigenvalue weighted by atomic mass is 10.0. The minimum Gasteiger partial charge on any atom is -0.504 e. The van der Waals surface area contributed by atoms with Gasteiger partial charge in [-0.1, -0.05) is 6.07 Å². The number of thiophene rings is 1. The maximum absolute atomic E-state index is 11.9. The molecule has 4 aromatic rings. The Morgan fingerprint density at radius 1 is 1.23 bits per heavy atom. The number of rotatable bonds is 7. The fourth-order valence-corrected chi connectivity index (χ4v) is 4.96. The molecule has 10 nitrogen and oxygen atoms in total. The van der Waals surface area contributed by atoms with E-state index in [2.05, 4.69) is 15.3 Å². The molecule has 0 aliphatic carbocycles. The summed E-state index contributed by atoms with van der Waals surface area (Å²) >= 11 is 1.09. The number of hydrogen-bond donors (Lipinski definition) is 1. The monoisotopic (exact) mass is 496 g/mol. The molecule has 0 amide bonds. The van der Waals surface area contributed by atoms with Crippen molar-refractivity contribution < 1.29 is 28.8 Å². The molecule has 1 atom stereocenters. The van der Waals surface area contributed by atoms with Crippen LogP contribution >= 0.6 is 11.3 Å². The fourth-order valence-electron chi connectivity index (χ4n) is 3.98. The summed E-state index contributed by atoms with van der Waals surface area (Å²) in [7, 11) is 2.81. The van der Waals surface area contributed by atoms with Gasteiger partial charge in [0.2, 0.25) is 0 Å². The summed E-state index contributed by atoms with van der Waals surface area (Å²) in [6.07, 6.45) is 6.88. The lowest BCUT2D eigenvalue weighted by Crippen LogP contribution is -2.18. The highest BCUT2D eigenvalue weighted by Gasteiger charge is 2.22. The summed E-state index contributed by atoms with van der Waals surface area (Å²) in [6.45, 7) is 0.797. The number of nitrogens with zero attached hydrogens (tertiary/aromatic N) is 4. The molecule has 35 heavy (non-hydrogen) atoms. The molecule has 0 radical (unpaired) electrons. The number of fused-ring (bicyclic) bond motifs is 1. The number of hydrogen-bond acceptors (Lipinski definition) is 10. The van der Waals surface area contributed by atoms with Crippen LogP contribution in [0.5, 0.6) is 11.5 Å². The van der Waals surface area contributed by atoms with Crippen LogP contribution in [-0.4, -0.2) is 58.7 Å². The molecule has 0 spiro atoms. The van der Waals surface area contributed by atoms with E-state index in [0.29, 0.717) is 21.7 Å². The van der Waals surface area contributed by atoms with Gasteiger partial charge in [-0.2, -0.15) is 5.10 Å². The topological polar surface area (TPSA) is 118 Å². The van der Waals surface area contributed by atoms with Crippen molar-refractivity contribution in [1.29, 1.82) is 0 Å². The van der Waals surface area contributed by atoms with Gasteiger partial charge in [-0.15, -0.1) is 21.5 Å². The first-order valence-corrected chi connectivity index (χ1v) is 11.9. The summed E-state index contributed by atoms with van der Waals surface area (Å²) in [5, 5.41) is 23.2. The van der Waals surface area contributed by atoms with Gasteiger partial charge in [-0.05, 0) is 43.0 Å². The Balaban J connectivity index is 1.50. The minimum atomic E-state index is -0.625. The number of aromatic nitrogens is 4.